The highest BCUT2D eigenvalue weighted by Gasteiger charge is 2.50. The number of carbonyl (C=O) groups is 2. The number of hydrogen-bond donors (Lipinski definition) is 1. The molecule has 1 unspecified atom stereocenters. The largest absolute Gasteiger partial charge is 0.343 e. The number of amides is 2. The van der Waals surface area contributed by atoms with E-state index < -0.39 is 0 Å². The average Bonchev–Trinajstić information content (AvgIpc) is 3.54. The van der Waals surface area contributed by atoms with E-state index in [1.54, 1.807) is 25.2 Å². The predicted octanol–water partition coefficient (Wildman–Crippen LogP) is 4.43. The molecule has 2 amide bonds. The van der Waals surface area contributed by atoms with Crippen LogP contribution in [0.3, 0.4) is 0 Å². The van der Waals surface area contributed by atoms with E-state index in [9.17, 15) is 9.59 Å². The lowest BCUT2D eigenvalue weighted by molar-refractivity contribution is 0.00799. The number of nitrogens with one attached hydrogen (secondary N) is 1. The van der Waals surface area contributed by atoms with Crippen molar-refractivity contribution in [1.29, 1.82) is 0 Å². The number of likely N-dealkylation sites (tertiary alicyclic amines) is 1. The molecule has 39 heavy (non-hydrogen) atoms. The summed E-state index contributed by atoms with van der Waals surface area (Å²) in [7, 11) is 7.69. The zero-order valence-corrected chi connectivity index (χ0v) is 24.2. The van der Waals surface area contributed by atoms with Crippen molar-refractivity contribution in [3.05, 3.63) is 47.8 Å². The van der Waals surface area contributed by atoms with Gasteiger partial charge in [-0.15, -0.1) is 0 Å². The van der Waals surface area contributed by atoms with Crippen LogP contribution in [0.1, 0.15) is 60.9 Å². The van der Waals surface area contributed by atoms with Gasteiger partial charge in [0.1, 0.15) is 11.3 Å². The topological polar surface area (TPSA) is 86.6 Å². The molecule has 1 saturated heterocycles. The molecule has 9 nitrogen and oxygen atoms in total. The van der Waals surface area contributed by atoms with Crippen molar-refractivity contribution >= 4 is 34.5 Å². The van der Waals surface area contributed by atoms with Crippen LogP contribution >= 0.6 is 0 Å². The Labute approximate surface area is 231 Å². The highest BCUT2D eigenvalue weighted by Crippen LogP contribution is 2.52. The van der Waals surface area contributed by atoms with E-state index in [1.807, 2.05) is 35.2 Å². The number of benzene rings is 1. The summed E-state index contributed by atoms with van der Waals surface area (Å²) in [5, 5.41) is 4.16. The summed E-state index contributed by atoms with van der Waals surface area (Å²) in [6.07, 6.45) is 4.93. The van der Waals surface area contributed by atoms with Gasteiger partial charge in [-0.1, -0.05) is 20.8 Å². The van der Waals surface area contributed by atoms with Crippen molar-refractivity contribution < 1.29 is 9.59 Å². The summed E-state index contributed by atoms with van der Waals surface area (Å²) in [6, 6.07) is 9.83. The molecule has 9 heteroatoms. The Balaban J connectivity index is 1.43. The van der Waals surface area contributed by atoms with Crippen LogP contribution in [-0.4, -0.2) is 88.4 Å². The number of rotatable bonds is 7. The second-order valence-corrected chi connectivity index (χ2v) is 12.0. The van der Waals surface area contributed by atoms with E-state index in [0.29, 0.717) is 35.1 Å². The van der Waals surface area contributed by atoms with Crippen molar-refractivity contribution in [3.8, 4) is 0 Å². The van der Waals surface area contributed by atoms with Gasteiger partial charge in [0.05, 0.1) is 5.54 Å². The molecule has 5 rings (SSSR count). The summed E-state index contributed by atoms with van der Waals surface area (Å²) >= 11 is 0. The molecule has 0 radical (unpaired) electrons. The van der Waals surface area contributed by atoms with Gasteiger partial charge in [0.2, 0.25) is 5.95 Å². The maximum absolute atomic E-state index is 13.3. The summed E-state index contributed by atoms with van der Waals surface area (Å²) in [4.78, 5) is 41.5. The van der Waals surface area contributed by atoms with Crippen molar-refractivity contribution in [1.82, 2.24) is 29.2 Å². The van der Waals surface area contributed by atoms with Gasteiger partial charge in [-0.25, -0.2) is 4.98 Å². The van der Waals surface area contributed by atoms with Crippen LogP contribution < -0.4 is 5.32 Å². The molecule has 2 aromatic heterocycles. The van der Waals surface area contributed by atoms with Gasteiger partial charge in [-0.3, -0.25) is 9.59 Å². The standard InChI is InChI=1S/C30H41N7O2/c1-19(2)30(14-12-20(30)3)37-25(28(39)35(6)7)16-22-17-31-29(33-26(22)37)32-23-10-8-21(9-11-23)27(38)36-15-13-24(18-36)34(4)5/h8-11,16-17,19-20,24H,12-15,18H2,1-7H3,(H,31,32,33)/t20-,24+,30?/m1/s1. The second-order valence-electron chi connectivity index (χ2n) is 12.0. The molecule has 3 aromatic rings. The number of fused-ring (bicyclic) bond motifs is 1. The van der Waals surface area contributed by atoms with Crippen LogP contribution in [-0.2, 0) is 5.54 Å². The van der Waals surface area contributed by atoms with Crippen molar-refractivity contribution in [2.75, 3.05) is 46.6 Å². The molecular formula is C30H41N7O2. The number of hydrogen-bond acceptors (Lipinski definition) is 6. The van der Waals surface area contributed by atoms with Gasteiger partial charge < -0.3 is 24.6 Å². The summed E-state index contributed by atoms with van der Waals surface area (Å²) < 4.78 is 2.19. The monoisotopic (exact) mass is 531 g/mol. The summed E-state index contributed by atoms with van der Waals surface area (Å²) in [6.45, 7) is 8.28. The van der Waals surface area contributed by atoms with Crippen LogP contribution in [0.25, 0.3) is 11.0 Å². The lowest BCUT2D eigenvalue weighted by atomic mass is 9.61. The van der Waals surface area contributed by atoms with Crippen LogP contribution in [0.2, 0.25) is 0 Å². The number of carbonyl (C=O) groups excluding carboxylic acids is 2. The number of nitrogens with zero attached hydrogens (tertiary/aromatic N) is 6. The number of anilines is 2. The third-order valence-electron chi connectivity index (χ3n) is 8.98. The molecule has 0 spiro atoms. The Kier molecular flexibility index (Phi) is 7.13. The van der Waals surface area contributed by atoms with Crippen molar-refractivity contribution in [2.24, 2.45) is 11.8 Å². The lowest BCUT2D eigenvalue weighted by Gasteiger charge is -2.53. The minimum atomic E-state index is -0.169. The van der Waals surface area contributed by atoms with Gasteiger partial charge in [-0.05, 0) is 75.5 Å². The van der Waals surface area contributed by atoms with Gasteiger partial charge in [-0.2, -0.15) is 4.98 Å². The van der Waals surface area contributed by atoms with E-state index in [0.717, 1.165) is 49.1 Å². The Morgan fingerprint density at radius 2 is 1.82 bits per heavy atom. The molecular weight excluding hydrogens is 490 g/mol. The van der Waals surface area contributed by atoms with Crippen LogP contribution in [0.5, 0.6) is 0 Å². The first-order chi connectivity index (χ1) is 18.5. The molecule has 1 aliphatic heterocycles. The fraction of sp³-hybridized carbons (Fsp3) is 0.533. The molecule has 2 aliphatic rings. The maximum Gasteiger partial charge on any atom is 0.270 e. The molecule has 0 bridgehead atoms. The zero-order chi connectivity index (χ0) is 28.1. The van der Waals surface area contributed by atoms with E-state index in [-0.39, 0.29) is 17.4 Å². The first kappa shape index (κ1) is 27.1. The highest BCUT2D eigenvalue weighted by molar-refractivity contribution is 5.98. The zero-order valence-electron chi connectivity index (χ0n) is 24.2. The fourth-order valence-electron chi connectivity index (χ4n) is 6.39. The first-order valence-electron chi connectivity index (χ1n) is 14.0. The van der Waals surface area contributed by atoms with E-state index in [4.69, 9.17) is 4.98 Å². The normalized spacial score (nSPS) is 22.9. The lowest BCUT2D eigenvalue weighted by Crippen LogP contribution is -2.53. The Morgan fingerprint density at radius 3 is 2.36 bits per heavy atom. The molecule has 1 N–H and O–H groups in total. The molecule has 208 valence electrons. The van der Waals surface area contributed by atoms with Crippen LogP contribution in [0.15, 0.2) is 36.5 Å². The van der Waals surface area contributed by atoms with E-state index in [2.05, 4.69) is 54.6 Å². The summed E-state index contributed by atoms with van der Waals surface area (Å²) in [5.74, 6) is 1.27. The highest BCUT2D eigenvalue weighted by atomic mass is 16.2. The SMILES string of the molecule is CC(C)C1(n2c(C(=O)N(C)C)cc3cnc(Nc4ccc(C(=O)N5CC[C@H](N(C)C)C5)cc4)nc32)CC[C@H]1C. The third kappa shape index (κ3) is 4.67. The number of likely N-dealkylation sites (N-methyl/N-ethyl adjacent to an activating group) is 1. The fourth-order valence-corrected chi connectivity index (χ4v) is 6.39. The van der Waals surface area contributed by atoms with Gasteiger partial charge in [0.25, 0.3) is 11.8 Å². The predicted molar refractivity (Wildman–Crippen MR) is 154 cm³/mol. The second kappa shape index (κ2) is 10.3. The minimum Gasteiger partial charge on any atom is -0.343 e. The van der Waals surface area contributed by atoms with Crippen molar-refractivity contribution in [3.63, 3.8) is 0 Å². The molecule has 3 heterocycles. The third-order valence-corrected chi connectivity index (χ3v) is 8.98. The van der Waals surface area contributed by atoms with Gasteiger partial charge in [0.15, 0.2) is 0 Å². The van der Waals surface area contributed by atoms with Crippen molar-refractivity contribution in [2.45, 2.75) is 51.6 Å². The molecule has 1 aromatic carbocycles. The smallest absolute Gasteiger partial charge is 0.270 e. The average molecular weight is 532 g/mol. The molecule has 1 aliphatic carbocycles. The van der Waals surface area contributed by atoms with Gasteiger partial charge in [0, 0.05) is 56.1 Å². The molecule has 3 atom stereocenters. The Morgan fingerprint density at radius 1 is 1.10 bits per heavy atom. The quantitative estimate of drug-likeness (QED) is 0.485. The van der Waals surface area contributed by atoms with Gasteiger partial charge >= 0.3 is 0 Å². The Hall–Kier alpha value is -3.46. The number of aromatic nitrogens is 3. The minimum absolute atomic E-state index is 0.0307. The maximum atomic E-state index is 13.3. The molecule has 1 saturated carbocycles. The van der Waals surface area contributed by atoms with Crippen LogP contribution in [0, 0.1) is 11.8 Å². The molecule has 2 fully saturated rings. The summed E-state index contributed by atoms with van der Waals surface area (Å²) in [5.41, 5.74) is 2.74. The Bertz CT molecular complexity index is 1370. The van der Waals surface area contributed by atoms with E-state index >= 15 is 0 Å². The van der Waals surface area contributed by atoms with E-state index in [1.165, 1.54) is 0 Å². The van der Waals surface area contributed by atoms with Crippen LogP contribution in [0.4, 0.5) is 11.6 Å². The first-order valence-corrected chi connectivity index (χ1v) is 14.0.